The Labute approximate surface area is 140 Å². The Hall–Kier alpha value is -0.860. The minimum atomic E-state index is -2.94. The fourth-order valence-electron chi connectivity index (χ4n) is 2.46. The first-order valence-electron chi connectivity index (χ1n) is 8.08. The quantitative estimate of drug-likeness (QED) is 0.755. The van der Waals surface area contributed by atoms with Crippen LogP contribution in [0.25, 0.3) is 0 Å². The summed E-state index contributed by atoms with van der Waals surface area (Å²) in [5.41, 5.74) is -0.464. The highest BCUT2D eigenvalue weighted by atomic mass is 32.2. The molecule has 0 spiro atoms. The van der Waals surface area contributed by atoms with Crippen LogP contribution in [0.5, 0.6) is 0 Å². The zero-order valence-corrected chi connectivity index (χ0v) is 15.8. The normalized spacial score (nSPS) is 18.7. The van der Waals surface area contributed by atoms with Crippen LogP contribution in [-0.4, -0.2) is 87.2 Å². The van der Waals surface area contributed by atoms with E-state index in [4.69, 9.17) is 4.74 Å². The summed E-state index contributed by atoms with van der Waals surface area (Å²) < 4.78 is 27.8. The fourth-order valence-corrected chi connectivity index (χ4v) is 3.49. The van der Waals surface area contributed by atoms with Gasteiger partial charge in [-0.05, 0) is 27.7 Å². The van der Waals surface area contributed by atoms with Crippen molar-refractivity contribution in [2.75, 3.05) is 51.3 Å². The van der Waals surface area contributed by atoms with Gasteiger partial charge in [0.05, 0.1) is 5.75 Å². The lowest BCUT2D eigenvalue weighted by molar-refractivity contribution is 0.0146. The molecule has 1 aliphatic heterocycles. The topological polar surface area (TPSA) is 79.0 Å². The van der Waals surface area contributed by atoms with Gasteiger partial charge in [0.1, 0.15) is 15.4 Å². The van der Waals surface area contributed by atoms with Gasteiger partial charge in [-0.2, -0.15) is 0 Å². The van der Waals surface area contributed by atoms with E-state index < -0.39 is 15.4 Å². The molecule has 0 bridgehead atoms. The molecule has 136 valence electrons. The summed E-state index contributed by atoms with van der Waals surface area (Å²) in [5, 5.41) is 3.23. The molecular formula is C15H31N3O4S. The Morgan fingerprint density at radius 1 is 1.22 bits per heavy atom. The number of nitrogens with one attached hydrogen (secondary N) is 1. The number of piperazine rings is 1. The lowest BCUT2D eigenvalue weighted by Crippen LogP contribution is -2.51. The minimum absolute atomic E-state index is 0.0481. The molecule has 0 aromatic heterocycles. The number of ether oxygens (including phenoxy) is 1. The Kier molecular flexibility index (Phi) is 7.29. The zero-order valence-electron chi connectivity index (χ0n) is 15.0. The van der Waals surface area contributed by atoms with Crippen molar-refractivity contribution in [2.45, 2.75) is 39.3 Å². The predicted octanol–water partition coefficient (Wildman–Crippen LogP) is 0.562. The van der Waals surface area contributed by atoms with Crippen LogP contribution in [0.3, 0.4) is 0 Å². The number of nitrogens with zero attached hydrogens (tertiary/aromatic N) is 2. The highest BCUT2D eigenvalue weighted by molar-refractivity contribution is 7.90. The fraction of sp³-hybridized carbons (Fsp3) is 0.933. The molecular weight excluding hydrogens is 318 g/mol. The molecule has 1 rings (SSSR count). The van der Waals surface area contributed by atoms with Gasteiger partial charge in [-0.15, -0.1) is 0 Å². The first kappa shape index (κ1) is 20.2. The summed E-state index contributed by atoms with van der Waals surface area (Å²) >= 11 is 0. The van der Waals surface area contributed by atoms with Crippen LogP contribution in [0.2, 0.25) is 0 Å². The molecule has 1 unspecified atom stereocenters. The van der Waals surface area contributed by atoms with Crippen LogP contribution in [0.1, 0.15) is 27.7 Å². The number of rotatable bonds is 6. The van der Waals surface area contributed by atoms with Gasteiger partial charge in [-0.1, -0.05) is 0 Å². The number of hydrogen-bond acceptors (Lipinski definition) is 6. The third-order valence-corrected chi connectivity index (χ3v) is 4.60. The standard InChI is InChI=1S/C15H31N3O4S/c1-13(12-23(5,20)21)16-6-7-17-8-10-18(11-9-17)14(19)22-15(2,3)4/h13,16H,6-12H2,1-5H3. The lowest BCUT2D eigenvalue weighted by Gasteiger charge is -2.35. The molecule has 1 atom stereocenters. The van der Waals surface area contributed by atoms with Gasteiger partial charge in [0.25, 0.3) is 0 Å². The maximum absolute atomic E-state index is 12.0. The summed E-state index contributed by atoms with van der Waals surface area (Å²) in [6, 6.07) is -0.0481. The molecule has 0 aromatic rings. The van der Waals surface area contributed by atoms with Crippen molar-refractivity contribution in [2.24, 2.45) is 0 Å². The molecule has 7 nitrogen and oxygen atoms in total. The molecule has 23 heavy (non-hydrogen) atoms. The van der Waals surface area contributed by atoms with Crippen LogP contribution in [0, 0.1) is 0 Å². The second-order valence-electron chi connectivity index (χ2n) is 7.26. The summed E-state index contributed by atoms with van der Waals surface area (Å²) in [7, 11) is -2.94. The smallest absolute Gasteiger partial charge is 0.410 e. The molecule has 8 heteroatoms. The van der Waals surface area contributed by atoms with E-state index in [0.717, 1.165) is 26.2 Å². The van der Waals surface area contributed by atoms with E-state index in [-0.39, 0.29) is 17.9 Å². The van der Waals surface area contributed by atoms with Crippen molar-refractivity contribution in [1.82, 2.24) is 15.1 Å². The van der Waals surface area contributed by atoms with E-state index >= 15 is 0 Å². The van der Waals surface area contributed by atoms with Gasteiger partial charge in [-0.25, -0.2) is 13.2 Å². The zero-order chi connectivity index (χ0) is 17.7. The summed E-state index contributed by atoms with van der Waals surface area (Å²) in [6.45, 7) is 12.0. The average molecular weight is 349 g/mol. The van der Waals surface area contributed by atoms with E-state index in [1.54, 1.807) is 4.90 Å². The van der Waals surface area contributed by atoms with Crippen LogP contribution in [-0.2, 0) is 14.6 Å². The largest absolute Gasteiger partial charge is 0.444 e. The molecule has 1 saturated heterocycles. The van der Waals surface area contributed by atoms with Gasteiger partial charge in [0.15, 0.2) is 0 Å². The van der Waals surface area contributed by atoms with E-state index in [1.807, 2.05) is 27.7 Å². The number of carbonyl (C=O) groups excluding carboxylic acids is 1. The van der Waals surface area contributed by atoms with Crippen molar-refractivity contribution < 1.29 is 17.9 Å². The Morgan fingerprint density at radius 2 is 1.78 bits per heavy atom. The first-order chi connectivity index (χ1) is 10.5. The molecule has 0 aliphatic carbocycles. The average Bonchev–Trinajstić information content (AvgIpc) is 2.35. The van der Waals surface area contributed by atoms with Crippen LogP contribution >= 0.6 is 0 Å². The highest BCUT2D eigenvalue weighted by Crippen LogP contribution is 2.11. The van der Waals surface area contributed by atoms with Crippen molar-refractivity contribution in [3.63, 3.8) is 0 Å². The summed E-state index contributed by atoms with van der Waals surface area (Å²) in [6.07, 6.45) is 0.998. The Morgan fingerprint density at radius 3 is 2.26 bits per heavy atom. The van der Waals surface area contributed by atoms with Gasteiger partial charge in [0.2, 0.25) is 0 Å². The van der Waals surface area contributed by atoms with E-state index in [0.29, 0.717) is 13.1 Å². The van der Waals surface area contributed by atoms with Gasteiger partial charge >= 0.3 is 6.09 Å². The third-order valence-electron chi connectivity index (χ3n) is 3.50. The van der Waals surface area contributed by atoms with Crippen molar-refractivity contribution in [3.8, 4) is 0 Å². The third kappa shape index (κ3) is 9.12. The number of sulfone groups is 1. The maximum atomic E-state index is 12.0. The van der Waals surface area contributed by atoms with Gasteiger partial charge < -0.3 is 15.0 Å². The second kappa shape index (κ2) is 8.30. The monoisotopic (exact) mass is 349 g/mol. The van der Waals surface area contributed by atoms with E-state index in [1.165, 1.54) is 6.26 Å². The van der Waals surface area contributed by atoms with E-state index in [9.17, 15) is 13.2 Å². The molecule has 1 heterocycles. The van der Waals surface area contributed by atoms with Crippen LogP contribution in [0.4, 0.5) is 4.79 Å². The number of amides is 1. The SMILES string of the molecule is CC(CS(C)(=O)=O)NCCN1CCN(C(=O)OC(C)(C)C)CC1. The number of hydrogen-bond donors (Lipinski definition) is 1. The minimum Gasteiger partial charge on any atom is -0.444 e. The van der Waals surface area contributed by atoms with Crippen LogP contribution in [0.15, 0.2) is 0 Å². The molecule has 1 fully saturated rings. The van der Waals surface area contributed by atoms with Crippen LogP contribution < -0.4 is 5.32 Å². The molecule has 1 amide bonds. The van der Waals surface area contributed by atoms with Crippen molar-refractivity contribution in [3.05, 3.63) is 0 Å². The Bertz CT molecular complexity index is 479. The summed E-state index contributed by atoms with van der Waals surface area (Å²) in [5.74, 6) is 0.152. The van der Waals surface area contributed by atoms with Crippen molar-refractivity contribution >= 4 is 15.9 Å². The molecule has 0 saturated carbocycles. The second-order valence-corrected chi connectivity index (χ2v) is 9.44. The van der Waals surface area contributed by atoms with Gasteiger partial charge in [-0.3, -0.25) is 4.90 Å². The molecule has 1 N–H and O–H groups in total. The molecule has 0 aromatic carbocycles. The first-order valence-corrected chi connectivity index (χ1v) is 10.1. The maximum Gasteiger partial charge on any atom is 0.410 e. The predicted molar refractivity (Wildman–Crippen MR) is 91.4 cm³/mol. The molecule has 0 radical (unpaired) electrons. The lowest BCUT2D eigenvalue weighted by atomic mass is 10.2. The number of carbonyl (C=O) groups is 1. The summed E-state index contributed by atoms with van der Waals surface area (Å²) in [4.78, 5) is 16.0. The Balaban J connectivity index is 2.23. The van der Waals surface area contributed by atoms with Crippen molar-refractivity contribution in [1.29, 1.82) is 0 Å². The molecule has 1 aliphatic rings. The van der Waals surface area contributed by atoms with E-state index in [2.05, 4.69) is 10.2 Å². The van der Waals surface area contributed by atoms with Gasteiger partial charge in [0, 0.05) is 51.6 Å². The highest BCUT2D eigenvalue weighted by Gasteiger charge is 2.25.